The van der Waals surface area contributed by atoms with E-state index < -0.39 is 47.9 Å². The summed E-state index contributed by atoms with van der Waals surface area (Å²) in [7, 11) is 0. The van der Waals surface area contributed by atoms with E-state index in [0.717, 1.165) is 51.4 Å². The van der Waals surface area contributed by atoms with E-state index in [1.165, 1.54) is 0 Å². The van der Waals surface area contributed by atoms with Crippen molar-refractivity contribution in [1.82, 2.24) is 10.6 Å². The molecule has 8 aliphatic heterocycles. The lowest BCUT2D eigenvalue weighted by molar-refractivity contribution is -0.575. The molecule has 2 saturated carbocycles. The quantitative estimate of drug-likeness (QED) is 0.168. The molecule has 338 valence electrons. The highest BCUT2D eigenvalue weighted by Gasteiger charge is 2.71. The second kappa shape index (κ2) is 16.3. The maximum atomic E-state index is 13.2. The van der Waals surface area contributed by atoms with E-state index in [-0.39, 0.29) is 47.3 Å². The Labute approximate surface area is 364 Å². The molecule has 2 aromatic rings. The number of nitrogens with one attached hydrogen (secondary N) is 2. The summed E-state index contributed by atoms with van der Waals surface area (Å²) in [5.41, 5.74) is -0.343. The van der Waals surface area contributed by atoms with Gasteiger partial charge in [-0.05, 0) is 125 Å². The minimum absolute atomic E-state index is 0.00519. The second-order valence-electron chi connectivity index (χ2n) is 20.1. The first-order valence-corrected chi connectivity index (χ1v) is 23.3. The van der Waals surface area contributed by atoms with Crippen LogP contribution in [-0.4, -0.2) is 72.8 Å². The van der Waals surface area contributed by atoms with Crippen LogP contribution in [-0.2, 0) is 38.5 Å². The number of fused-ring (bicyclic) bond motifs is 4. The zero-order valence-corrected chi connectivity index (χ0v) is 36.9. The molecule has 4 bridgehead atoms. The summed E-state index contributed by atoms with van der Waals surface area (Å²) >= 11 is 0. The maximum Gasteiger partial charge on any atom is 0.251 e. The molecule has 10 aliphatic rings. The summed E-state index contributed by atoms with van der Waals surface area (Å²) in [6.45, 7) is 13.6. The molecule has 6 unspecified atom stereocenters. The third kappa shape index (κ3) is 7.24. The van der Waals surface area contributed by atoms with Crippen molar-refractivity contribution in [3.63, 3.8) is 0 Å². The molecular weight excluding hydrogens is 797 g/mol. The molecule has 8 heterocycles. The summed E-state index contributed by atoms with van der Waals surface area (Å²) in [6.07, 6.45) is 6.56. The summed E-state index contributed by atoms with van der Waals surface area (Å²) in [6, 6.07) is 14.4. The average molecular weight is 861 g/mol. The molecule has 14 heteroatoms. The van der Waals surface area contributed by atoms with E-state index in [9.17, 15) is 9.59 Å². The molecule has 14 nitrogen and oxygen atoms in total. The van der Waals surface area contributed by atoms with Crippen LogP contribution in [0.1, 0.15) is 126 Å². The molecule has 2 aliphatic carbocycles. The number of rotatable bonds is 11. The molecule has 0 radical (unpaired) electrons. The number of hydrogen-bond donors (Lipinski definition) is 2. The number of unbranched alkanes of at least 4 members (excludes halogenated alkanes) is 1. The predicted octanol–water partition coefficient (Wildman–Crippen LogP) is 7.80. The molecule has 0 aromatic heterocycles. The van der Waals surface area contributed by atoms with E-state index in [1.807, 2.05) is 38.1 Å². The van der Waals surface area contributed by atoms with Gasteiger partial charge in [-0.2, -0.15) is 0 Å². The van der Waals surface area contributed by atoms with Crippen molar-refractivity contribution < 1.29 is 57.6 Å². The highest BCUT2D eigenvalue weighted by molar-refractivity contribution is 5.95. The van der Waals surface area contributed by atoms with Crippen molar-refractivity contribution >= 4 is 11.8 Å². The van der Waals surface area contributed by atoms with E-state index in [0.29, 0.717) is 60.4 Å². The second-order valence-corrected chi connectivity index (χ2v) is 20.1. The van der Waals surface area contributed by atoms with Crippen LogP contribution in [0.5, 0.6) is 11.5 Å². The lowest BCUT2D eigenvalue weighted by Crippen LogP contribution is -2.70. The first-order valence-electron chi connectivity index (χ1n) is 23.3. The van der Waals surface area contributed by atoms with Gasteiger partial charge in [0.1, 0.15) is 11.5 Å². The standard InChI is InChI=1S/C48H64N2O12/c1-27-15-17-37-29(3)41(55-43-47(37)35(27)19-21-45(5,57-43)59-61-47)53-33-13-9-11-31(25-33)39(51)49-23-7-8-24-50-40(52)32-12-10-14-34(26-32)54-42-30(4)38-18-16-28(2)36-20-22-46(6)58-44(56-42)48(36,38)62-60-46/h9-14,25-30,35-38,41-44H,7-8,15-24H2,1-6H3,(H,49,51)(H,50,52)/t27-,28-,29-,30-,35?,36?,37?,38?,41+,42+,43?,44?,45-,46-,47-,48-/m1/s1. The molecule has 10 fully saturated rings. The Morgan fingerprint density at radius 2 is 1.03 bits per heavy atom. The maximum absolute atomic E-state index is 13.2. The lowest BCUT2D eigenvalue weighted by Gasteiger charge is -2.60. The van der Waals surface area contributed by atoms with Crippen LogP contribution in [0.3, 0.4) is 0 Å². The monoisotopic (exact) mass is 860 g/mol. The number of hydrogen-bond acceptors (Lipinski definition) is 12. The summed E-state index contributed by atoms with van der Waals surface area (Å²) in [5.74, 6) is 0.755. The molecule has 2 N–H and O–H groups in total. The number of carbonyl (C=O) groups is 2. The molecule has 12 rings (SSSR count). The van der Waals surface area contributed by atoms with Gasteiger partial charge in [0.25, 0.3) is 11.8 Å². The van der Waals surface area contributed by atoms with Crippen LogP contribution in [0.4, 0.5) is 0 Å². The number of carbonyl (C=O) groups excluding carboxylic acids is 2. The zero-order chi connectivity index (χ0) is 43.0. The third-order valence-electron chi connectivity index (χ3n) is 16.1. The Morgan fingerprint density at radius 1 is 0.597 bits per heavy atom. The van der Waals surface area contributed by atoms with Gasteiger partial charge in [-0.25, -0.2) is 19.6 Å². The fraction of sp³-hybridized carbons (Fsp3) is 0.708. The Morgan fingerprint density at radius 3 is 1.47 bits per heavy atom. The van der Waals surface area contributed by atoms with Crippen molar-refractivity contribution in [3.05, 3.63) is 59.7 Å². The van der Waals surface area contributed by atoms with Crippen LogP contribution in [0.15, 0.2) is 48.5 Å². The van der Waals surface area contributed by atoms with Crippen LogP contribution in [0.25, 0.3) is 0 Å². The van der Waals surface area contributed by atoms with Crippen LogP contribution < -0.4 is 20.1 Å². The van der Waals surface area contributed by atoms with Crippen LogP contribution >= 0.6 is 0 Å². The summed E-state index contributed by atoms with van der Waals surface area (Å²) < 4.78 is 39.1. The Balaban J connectivity index is 0.691. The smallest absolute Gasteiger partial charge is 0.251 e. The minimum atomic E-state index is -0.863. The normalized spacial score (nSPS) is 43.9. The van der Waals surface area contributed by atoms with Gasteiger partial charge in [-0.1, -0.05) is 39.8 Å². The van der Waals surface area contributed by atoms with E-state index in [2.05, 4.69) is 38.3 Å². The highest BCUT2D eigenvalue weighted by Crippen LogP contribution is 2.62. The first-order chi connectivity index (χ1) is 29.8. The molecule has 2 aromatic carbocycles. The van der Waals surface area contributed by atoms with Gasteiger partial charge >= 0.3 is 0 Å². The van der Waals surface area contributed by atoms with Crippen molar-refractivity contribution in [2.45, 2.75) is 154 Å². The molecular formula is C48H64N2O12. The number of ether oxygens (including phenoxy) is 6. The predicted molar refractivity (Wildman–Crippen MR) is 222 cm³/mol. The average Bonchev–Trinajstić information content (AvgIpc) is 3.64. The largest absolute Gasteiger partial charge is 0.465 e. The van der Waals surface area contributed by atoms with Crippen molar-refractivity contribution in [1.29, 1.82) is 0 Å². The van der Waals surface area contributed by atoms with Gasteiger partial charge in [0, 0.05) is 60.7 Å². The van der Waals surface area contributed by atoms with Gasteiger partial charge in [0.05, 0.1) is 0 Å². The molecule has 62 heavy (non-hydrogen) atoms. The van der Waals surface area contributed by atoms with Crippen molar-refractivity contribution in [3.8, 4) is 11.5 Å². The highest BCUT2D eigenvalue weighted by atomic mass is 17.3. The number of amides is 2. The van der Waals surface area contributed by atoms with E-state index in [4.69, 9.17) is 48.0 Å². The van der Waals surface area contributed by atoms with Gasteiger partial charge in [-0.3, -0.25) is 9.59 Å². The van der Waals surface area contributed by atoms with Crippen LogP contribution in [0.2, 0.25) is 0 Å². The van der Waals surface area contributed by atoms with Gasteiger partial charge in [0.2, 0.25) is 24.2 Å². The van der Waals surface area contributed by atoms with Gasteiger partial charge in [-0.15, -0.1) is 0 Å². The van der Waals surface area contributed by atoms with Crippen LogP contribution in [0, 0.1) is 47.3 Å². The number of benzene rings is 2. The minimum Gasteiger partial charge on any atom is -0.465 e. The van der Waals surface area contributed by atoms with Gasteiger partial charge in [0.15, 0.2) is 23.8 Å². The Bertz CT molecular complexity index is 1860. The summed E-state index contributed by atoms with van der Waals surface area (Å²) in [4.78, 5) is 50.9. The Kier molecular flexibility index (Phi) is 11.2. The lowest BCUT2D eigenvalue weighted by atomic mass is 9.58. The summed E-state index contributed by atoms with van der Waals surface area (Å²) in [5, 5.41) is 6.02. The first kappa shape index (κ1) is 42.6. The molecule has 2 amide bonds. The van der Waals surface area contributed by atoms with E-state index >= 15 is 0 Å². The molecule has 2 spiro atoms. The fourth-order valence-corrected chi connectivity index (χ4v) is 12.6. The fourth-order valence-electron chi connectivity index (χ4n) is 12.6. The SMILES string of the molecule is C[C@@H]1CCC2[C@@H](C)[C@@H](Oc3cccc(C(=O)NCCCCNC(=O)c4cccc(O[C@H]5OC6O[C@@]7(C)CCC8[C@H](C)CCC([C@H]5C)[C@@]68OO7)c4)c3)OC3O[C@@]4(C)CCC1[C@]32OO4. The van der Waals surface area contributed by atoms with Crippen molar-refractivity contribution in [2.75, 3.05) is 13.1 Å². The van der Waals surface area contributed by atoms with Gasteiger partial charge < -0.3 is 39.1 Å². The topological polar surface area (TPSA) is 150 Å². The molecule has 8 saturated heterocycles. The van der Waals surface area contributed by atoms with E-state index in [1.54, 1.807) is 24.3 Å². The van der Waals surface area contributed by atoms with Crippen molar-refractivity contribution in [2.24, 2.45) is 47.3 Å². The Hall–Kier alpha value is -3.34. The third-order valence-corrected chi connectivity index (χ3v) is 16.1. The molecule has 16 atom stereocenters. The zero-order valence-electron chi connectivity index (χ0n) is 36.9.